The van der Waals surface area contributed by atoms with E-state index in [0.29, 0.717) is 22.5 Å². The summed E-state index contributed by atoms with van der Waals surface area (Å²) in [6.45, 7) is 0.281. The second kappa shape index (κ2) is 8.22. The second-order valence-electron chi connectivity index (χ2n) is 6.38. The Morgan fingerprint density at radius 2 is 1.83 bits per heavy atom. The third-order valence-corrected chi connectivity index (χ3v) is 5.15. The Morgan fingerprint density at radius 1 is 1.13 bits per heavy atom. The lowest BCUT2D eigenvalue weighted by Gasteiger charge is -2.10. The van der Waals surface area contributed by atoms with Gasteiger partial charge in [0.05, 0.1) is 34.5 Å². The SMILES string of the molecule is Cn1ncc(C#Cc2cccc(S(N)(=O)=O)c2)c1CNc1ccc(C(F)(F)F)cc1. The Bertz CT molecular complexity index is 1220. The van der Waals surface area contributed by atoms with Crippen molar-refractivity contribution in [3.05, 3.63) is 77.1 Å². The van der Waals surface area contributed by atoms with Crippen LogP contribution in [0, 0.1) is 11.8 Å². The van der Waals surface area contributed by atoms with Gasteiger partial charge in [-0.1, -0.05) is 17.9 Å². The molecule has 0 bridgehead atoms. The molecule has 0 aliphatic carbocycles. The minimum atomic E-state index is -4.39. The molecular weight excluding hydrogens is 417 g/mol. The fourth-order valence-electron chi connectivity index (χ4n) is 2.63. The summed E-state index contributed by atoms with van der Waals surface area (Å²) in [5, 5.41) is 12.3. The molecule has 0 spiro atoms. The molecule has 0 unspecified atom stereocenters. The number of benzene rings is 2. The minimum Gasteiger partial charge on any atom is -0.379 e. The van der Waals surface area contributed by atoms with E-state index in [9.17, 15) is 21.6 Å². The maximum Gasteiger partial charge on any atom is 0.416 e. The highest BCUT2D eigenvalue weighted by Gasteiger charge is 2.29. The van der Waals surface area contributed by atoms with Crippen LogP contribution in [0.4, 0.5) is 18.9 Å². The van der Waals surface area contributed by atoms with Crippen LogP contribution in [-0.2, 0) is 29.8 Å². The Hall–Kier alpha value is -3.29. The quantitative estimate of drug-likeness (QED) is 0.618. The van der Waals surface area contributed by atoms with Crippen LogP contribution in [0.2, 0.25) is 0 Å². The molecule has 0 saturated heterocycles. The fraction of sp³-hybridized carbons (Fsp3) is 0.150. The Labute approximate surface area is 171 Å². The van der Waals surface area contributed by atoms with Crippen molar-refractivity contribution in [3.63, 3.8) is 0 Å². The lowest BCUT2D eigenvalue weighted by Crippen LogP contribution is -2.12. The summed E-state index contributed by atoms with van der Waals surface area (Å²) in [4.78, 5) is -0.0373. The highest BCUT2D eigenvalue weighted by molar-refractivity contribution is 7.89. The van der Waals surface area contributed by atoms with Gasteiger partial charge in [0.1, 0.15) is 0 Å². The average Bonchev–Trinajstić information content (AvgIpc) is 3.03. The highest BCUT2D eigenvalue weighted by atomic mass is 32.2. The Kier molecular flexibility index (Phi) is 5.87. The van der Waals surface area contributed by atoms with E-state index < -0.39 is 21.8 Å². The molecule has 3 rings (SSSR count). The molecule has 1 aromatic heterocycles. The molecule has 0 amide bonds. The molecule has 0 aliphatic rings. The van der Waals surface area contributed by atoms with Gasteiger partial charge in [0.2, 0.25) is 10.0 Å². The number of nitrogens with two attached hydrogens (primary N) is 1. The number of aromatic nitrogens is 2. The molecule has 0 fully saturated rings. The summed E-state index contributed by atoms with van der Waals surface area (Å²) in [5.41, 5.74) is 1.57. The normalized spacial score (nSPS) is 11.6. The second-order valence-corrected chi connectivity index (χ2v) is 7.94. The van der Waals surface area contributed by atoms with Crippen LogP contribution >= 0.6 is 0 Å². The van der Waals surface area contributed by atoms with Gasteiger partial charge in [0.25, 0.3) is 0 Å². The fourth-order valence-corrected chi connectivity index (χ4v) is 3.19. The van der Waals surface area contributed by atoms with E-state index in [1.165, 1.54) is 24.3 Å². The van der Waals surface area contributed by atoms with Gasteiger partial charge >= 0.3 is 6.18 Å². The van der Waals surface area contributed by atoms with Gasteiger partial charge < -0.3 is 5.32 Å². The van der Waals surface area contributed by atoms with E-state index in [4.69, 9.17) is 5.14 Å². The lowest BCUT2D eigenvalue weighted by molar-refractivity contribution is -0.137. The summed E-state index contributed by atoms with van der Waals surface area (Å²) in [6, 6.07) is 10.7. The summed E-state index contributed by atoms with van der Waals surface area (Å²) in [5.74, 6) is 5.81. The number of primary sulfonamides is 1. The maximum atomic E-state index is 12.7. The van der Waals surface area contributed by atoms with Crippen molar-refractivity contribution >= 4 is 15.7 Å². The number of alkyl halides is 3. The third-order valence-electron chi connectivity index (χ3n) is 4.24. The number of nitrogens with zero attached hydrogens (tertiary/aromatic N) is 2. The van der Waals surface area contributed by atoms with E-state index in [1.54, 1.807) is 30.1 Å². The van der Waals surface area contributed by atoms with Crippen molar-refractivity contribution < 1.29 is 21.6 Å². The van der Waals surface area contributed by atoms with E-state index in [1.807, 2.05) is 0 Å². The number of aryl methyl sites for hydroxylation is 1. The topological polar surface area (TPSA) is 90.0 Å². The predicted octanol–water partition coefficient (Wildman–Crippen LogP) is 3.10. The van der Waals surface area contributed by atoms with Gasteiger partial charge in [-0.05, 0) is 42.5 Å². The first-order chi connectivity index (χ1) is 14.0. The number of hydrogen-bond donors (Lipinski definition) is 2. The Morgan fingerprint density at radius 3 is 2.47 bits per heavy atom. The standard InChI is InChI=1S/C20H17F3N4O2S/c1-27-19(13-25-17-9-7-16(8-10-17)20(21,22)23)15(12-26-27)6-5-14-3-2-4-18(11-14)30(24,28)29/h2-4,7-12,25H,13H2,1H3,(H2,24,28,29). The third kappa shape index (κ3) is 5.20. The van der Waals surface area contributed by atoms with E-state index in [0.717, 1.165) is 12.1 Å². The molecule has 3 aromatic rings. The van der Waals surface area contributed by atoms with Crippen molar-refractivity contribution in [1.29, 1.82) is 0 Å². The smallest absolute Gasteiger partial charge is 0.379 e. The summed E-state index contributed by atoms with van der Waals surface area (Å²) in [6.07, 6.45) is -2.83. The Balaban J connectivity index is 1.78. The molecule has 0 atom stereocenters. The van der Waals surface area contributed by atoms with Crippen molar-refractivity contribution in [1.82, 2.24) is 9.78 Å². The van der Waals surface area contributed by atoms with E-state index >= 15 is 0 Å². The molecular formula is C20H17F3N4O2S. The van der Waals surface area contributed by atoms with Gasteiger partial charge in [0, 0.05) is 18.3 Å². The van der Waals surface area contributed by atoms with Crippen LogP contribution in [-0.4, -0.2) is 18.2 Å². The molecule has 0 aliphatic heterocycles. The van der Waals surface area contributed by atoms with Gasteiger partial charge in [-0.15, -0.1) is 0 Å². The summed E-state index contributed by atoms with van der Waals surface area (Å²) >= 11 is 0. The average molecular weight is 434 g/mol. The van der Waals surface area contributed by atoms with Crippen LogP contribution in [0.15, 0.2) is 59.6 Å². The highest BCUT2D eigenvalue weighted by Crippen LogP contribution is 2.29. The van der Waals surface area contributed by atoms with Crippen LogP contribution in [0.3, 0.4) is 0 Å². The van der Waals surface area contributed by atoms with Crippen molar-refractivity contribution in [2.75, 3.05) is 5.32 Å². The zero-order valence-corrected chi connectivity index (χ0v) is 16.6. The molecule has 2 aromatic carbocycles. The first-order valence-corrected chi connectivity index (χ1v) is 10.2. The summed E-state index contributed by atoms with van der Waals surface area (Å²) in [7, 11) is -2.11. The molecule has 156 valence electrons. The minimum absolute atomic E-state index is 0.0373. The van der Waals surface area contributed by atoms with Crippen LogP contribution in [0.5, 0.6) is 0 Å². The maximum absolute atomic E-state index is 12.7. The van der Waals surface area contributed by atoms with Gasteiger partial charge in [-0.3, -0.25) is 4.68 Å². The predicted molar refractivity (Wildman–Crippen MR) is 106 cm³/mol. The van der Waals surface area contributed by atoms with Gasteiger partial charge in [-0.2, -0.15) is 18.3 Å². The summed E-state index contributed by atoms with van der Waals surface area (Å²) < 4.78 is 62.5. The van der Waals surface area contributed by atoms with E-state index in [-0.39, 0.29) is 11.4 Å². The first-order valence-electron chi connectivity index (χ1n) is 8.61. The molecule has 1 heterocycles. The van der Waals surface area contributed by atoms with Crippen LogP contribution in [0.1, 0.15) is 22.4 Å². The molecule has 0 saturated carbocycles. The number of anilines is 1. The molecule has 3 N–H and O–H groups in total. The van der Waals surface area contributed by atoms with Gasteiger partial charge in [0.15, 0.2) is 0 Å². The largest absolute Gasteiger partial charge is 0.416 e. The first kappa shape index (κ1) is 21.4. The van der Waals surface area contributed by atoms with E-state index in [2.05, 4.69) is 22.3 Å². The van der Waals surface area contributed by atoms with Gasteiger partial charge in [-0.25, -0.2) is 13.6 Å². The number of sulfonamides is 1. The lowest BCUT2D eigenvalue weighted by atomic mass is 10.2. The number of hydrogen-bond acceptors (Lipinski definition) is 4. The monoisotopic (exact) mass is 434 g/mol. The number of nitrogens with one attached hydrogen (secondary N) is 1. The van der Waals surface area contributed by atoms with Crippen molar-refractivity contribution in [2.45, 2.75) is 17.6 Å². The van der Waals surface area contributed by atoms with Crippen LogP contribution < -0.4 is 10.5 Å². The van der Waals surface area contributed by atoms with Crippen molar-refractivity contribution in [2.24, 2.45) is 12.2 Å². The molecule has 6 nitrogen and oxygen atoms in total. The molecule has 10 heteroatoms. The van der Waals surface area contributed by atoms with Crippen molar-refractivity contribution in [3.8, 4) is 11.8 Å². The zero-order valence-electron chi connectivity index (χ0n) is 15.7. The molecule has 30 heavy (non-hydrogen) atoms. The number of rotatable bonds is 4. The number of halogens is 3. The molecule has 0 radical (unpaired) electrons. The zero-order chi connectivity index (χ0) is 21.9. The van der Waals surface area contributed by atoms with Crippen LogP contribution in [0.25, 0.3) is 0 Å².